The van der Waals surface area contributed by atoms with Gasteiger partial charge in [0, 0.05) is 23.8 Å². The average Bonchev–Trinajstić information content (AvgIpc) is 3.13. The van der Waals surface area contributed by atoms with E-state index in [1.165, 1.54) is 11.3 Å². The molecule has 2 N–H and O–H groups in total. The fourth-order valence-corrected chi connectivity index (χ4v) is 3.56. The summed E-state index contributed by atoms with van der Waals surface area (Å²) < 4.78 is 1.59. The number of fused-ring (bicyclic) bond motifs is 1. The van der Waals surface area contributed by atoms with Gasteiger partial charge in [-0.25, -0.2) is 0 Å². The molecule has 0 spiro atoms. The van der Waals surface area contributed by atoms with Crippen LogP contribution < -0.4 is 10.6 Å². The third-order valence-electron chi connectivity index (χ3n) is 3.58. The van der Waals surface area contributed by atoms with Gasteiger partial charge < -0.3 is 10.6 Å². The Labute approximate surface area is 126 Å². The van der Waals surface area contributed by atoms with Crippen molar-refractivity contribution in [2.24, 2.45) is 0 Å². The minimum atomic E-state index is -0.413. The molecule has 1 aliphatic rings. The maximum atomic E-state index is 12.3. The third-order valence-corrected chi connectivity index (χ3v) is 4.73. The van der Waals surface area contributed by atoms with Crippen LogP contribution in [0.1, 0.15) is 29.0 Å². The van der Waals surface area contributed by atoms with Gasteiger partial charge in [-0.2, -0.15) is 10.4 Å². The van der Waals surface area contributed by atoms with Crippen LogP contribution in [0.5, 0.6) is 0 Å². The van der Waals surface area contributed by atoms with Gasteiger partial charge in [0.25, 0.3) is 0 Å². The number of nitriles is 1. The molecule has 2 aromatic rings. The normalized spacial score (nSPS) is 15.0. The molecule has 0 bridgehead atoms. The first-order valence-electron chi connectivity index (χ1n) is 6.76. The Morgan fingerprint density at radius 3 is 3.24 bits per heavy atom. The fourth-order valence-electron chi connectivity index (χ4n) is 2.39. The Balaban J connectivity index is 1.83. The van der Waals surface area contributed by atoms with Crippen LogP contribution >= 0.6 is 11.3 Å². The van der Waals surface area contributed by atoms with Crippen molar-refractivity contribution in [3.8, 4) is 6.07 Å². The van der Waals surface area contributed by atoms with Gasteiger partial charge in [-0.1, -0.05) is 0 Å². The Morgan fingerprint density at radius 1 is 1.67 bits per heavy atom. The molecule has 1 atom stereocenters. The van der Waals surface area contributed by atoms with Crippen LogP contribution in [-0.4, -0.2) is 22.2 Å². The molecule has 0 saturated carbocycles. The first-order valence-corrected chi connectivity index (χ1v) is 7.57. The molecular weight excluding hydrogens is 286 g/mol. The highest BCUT2D eigenvalue weighted by Gasteiger charge is 2.23. The number of carbonyl (C=O) groups excluding carboxylic acids is 1. The predicted octanol–water partition coefficient (Wildman–Crippen LogP) is 1.66. The molecule has 108 valence electrons. The second-order valence-corrected chi connectivity index (χ2v) is 6.00. The Hall–Kier alpha value is -2.17. The van der Waals surface area contributed by atoms with Gasteiger partial charge in [0.05, 0.1) is 5.56 Å². The van der Waals surface area contributed by atoms with E-state index in [4.69, 9.17) is 0 Å². The number of thiophene rings is 1. The lowest BCUT2D eigenvalue weighted by Crippen LogP contribution is -2.24. The van der Waals surface area contributed by atoms with Crippen LogP contribution in [0.4, 0.5) is 5.00 Å². The smallest absolute Gasteiger partial charge is 0.249 e. The maximum absolute atomic E-state index is 12.3. The predicted molar refractivity (Wildman–Crippen MR) is 80.0 cm³/mol. The molecule has 1 unspecified atom stereocenters. The maximum Gasteiger partial charge on any atom is 0.249 e. The first-order chi connectivity index (χ1) is 10.2. The molecule has 2 aromatic heterocycles. The standard InChI is InChI=1S/C14H15N5OS/c1-9(19-6-2-4-17-19)13(20)18-14-11(7-15)10-3-5-16-8-12(10)21-14/h2,4,6,9,16H,3,5,8H2,1H3,(H,18,20). The highest BCUT2D eigenvalue weighted by Crippen LogP contribution is 2.35. The number of aromatic nitrogens is 2. The van der Waals surface area contributed by atoms with Gasteiger partial charge in [-0.15, -0.1) is 11.3 Å². The van der Waals surface area contributed by atoms with Crippen molar-refractivity contribution >= 4 is 22.2 Å². The van der Waals surface area contributed by atoms with Gasteiger partial charge >= 0.3 is 0 Å². The lowest BCUT2D eigenvalue weighted by Gasteiger charge is -2.12. The van der Waals surface area contributed by atoms with Gasteiger partial charge in [0.2, 0.25) is 5.91 Å². The summed E-state index contributed by atoms with van der Waals surface area (Å²) in [6.45, 7) is 3.41. The number of rotatable bonds is 3. The van der Waals surface area contributed by atoms with Crippen LogP contribution in [0, 0.1) is 11.3 Å². The van der Waals surface area contributed by atoms with Crippen LogP contribution in [0.15, 0.2) is 18.5 Å². The number of nitrogens with zero attached hydrogens (tertiary/aromatic N) is 3. The zero-order valence-electron chi connectivity index (χ0n) is 11.6. The summed E-state index contributed by atoms with van der Waals surface area (Å²) in [6, 6.07) is 3.59. The Morgan fingerprint density at radius 2 is 2.52 bits per heavy atom. The molecule has 7 heteroatoms. The van der Waals surface area contributed by atoms with Crippen molar-refractivity contribution in [3.63, 3.8) is 0 Å². The van der Waals surface area contributed by atoms with E-state index in [1.807, 2.05) is 0 Å². The summed E-state index contributed by atoms with van der Waals surface area (Å²) >= 11 is 1.48. The molecule has 0 saturated heterocycles. The molecule has 3 heterocycles. The molecule has 1 amide bonds. The number of anilines is 1. The first kappa shape index (κ1) is 13.8. The van der Waals surface area contributed by atoms with E-state index < -0.39 is 6.04 Å². The van der Waals surface area contributed by atoms with Gasteiger partial charge in [0.15, 0.2) is 0 Å². The molecule has 0 fully saturated rings. The van der Waals surface area contributed by atoms with Crippen LogP contribution in [0.2, 0.25) is 0 Å². The second-order valence-electron chi connectivity index (χ2n) is 4.90. The van der Waals surface area contributed by atoms with Crippen LogP contribution in [0.25, 0.3) is 0 Å². The van der Waals surface area contributed by atoms with E-state index in [9.17, 15) is 10.1 Å². The molecule has 6 nitrogen and oxygen atoms in total. The molecule has 0 aliphatic carbocycles. The van der Waals surface area contributed by atoms with Crippen LogP contribution in [0.3, 0.4) is 0 Å². The summed E-state index contributed by atoms with van der Waals surface area (Å²) in [5.41, 5.74) is 1.68. The van der Waals surface area contributed by atoms with Crippen molar-refractivity contribution in [2.75, 3.05) is 11.9 Å². The van der Waals surface area contributed by atoms with E-state index in [2.05, 4.69) is 21.8 Å². The number of hydrogen-bond acceptors (Lipinski definition) is 5. The quantitative estimate of drug-likeness (QED) is 0.903. The molecule has 3 rings (SSSR count). The zero-order valence-corrected chi connectivity index (χ0v) is 12.4. The molecule has 1 aliphatic heterocycles. The van der Waals surface area contributed by atoms with Gasteiger partial charge in [0.1, 0.15) is 17.1 Å². The molecule has 21 heavy (non-hydrogen) atoms. The minimum absolute atomic E-state index is 0.165. The number of amides is 1. The van der Waals surface area contributed by atoms with Crippen LogP contribution in [-0.2, 0) is 17.8 Å². The highest BCUT2D eigenvalue weighted by molar-refractivity contribution is 7.16. The SMILES string of the molecule is CC(C(=O)Nc1sc2c(c1C#N)CCNC2)n1cccn1. The summed E-state index contributed by atoms with van der Waals surface area (Å²) in [5, 5.41) is 20.2. The van der Waals surface area contributed by atoms with E-state index in [0.717, 1.165) is 30.0 Å². The topological polar surface area (TPSA) is 82.7 Å². The Kier molecular flexibility index (Phi) is 3.73. The minimum Gasteiger partial charge on any atom is -0.315 e. The van der Waals surface area contributed by atoms with E-state index in [-0.39, 0.29) is 5.91 Å². The number of nitrogens with one attached hydrogen (secondary N) is 2. The molecule has 0 radical (unpaired) electrons. The lowest BCUT2D eigenvalue weighted by atomic mass is 10.1. The average molecular weight is 301 g/mol. The van der Waals surface area contributed by atoms with E-state index in [1.54, 1.807) is 30.1 Å². The lowest BCUT2D eigenvalue weighted by molar-refractivity contribution is -0.119. The summed E-state index contributed by atoms with van der Waals surface area (Å²) in [7, 11) is 0. The fraction of sp³-hybridized carbons (Fsp3) is 0.357. The molecule has 0 aromatic carbocycles. The summed E-state index contributed by atoms with van der Waals surface area (Å²) in [6.07, 6.45) is 4.22. The molecular formula is C14H15N5OS. The van der Waals surface area contributed by atoms with Crippen molar-refractivity contribution in [3.05, 3.63) is 34.5 Å². The third kappa shape index (κ3) is 2.55. The Bertz CT molecular complexity index is 698. The zero-order chi connectivity index (χ0) is 14.8. The van der Waals surface area contributed by atoms with Gasteiger partial charge in [-0.3, -0.25) is 9.48 Å². The van der Waals surface area contributed by atoms with E-state index >= 15 is 0 Å². The highest BCUT2D eigenvalue weighted by atomic mass is 32.1. The number of hydrogen-bond donors (Lipinski definition) is 2. The van der Waals surface area contributed by atoms with Gasteiger partial charge in [-0.05, 0) is 31.5 Å². The van der Waals surface area contributed by atoms with Crippen molar-refractivity contribution in [2.45, 2.75) is 25.9 Å². The van der Waals surface area contributed by atoms with E-state index in [0.29, 0.717) is 10.6 Å². The van der Waals surface area contributed by atoms with Crippen molar-refractivity contribution < 1.29 is 4.79 Å². The second kappa shape index (κ2) is 5.68. The van der Waals surface area contributed by atoms with Crippen molar-refractivity contribution in [1.29, 1.82) is 5.26 Å². The summed E-state index contributed by atoms with van der Waals surface area (Å²) in [5.74, 6) is -0.165. The largest absolute Gasteiger partial charge is 0.315 e. The summed E-state index contributed by atoms with van der Waals surface area (Å²) in [4.78, 5) is 13.4. The number of carbonyl (C=O) groups is 1. The monoisotopic (exact) mass is 301 g/mol. The van der Waals surface area contributed by atoms with Crippen molar-refractivity contribution in [1.82, 2.24) is 15.1 Å².